The quantitative estimate of drug-likeness (QED) is 0.303. The zero-order chi connectivity index (χ0) is 14.7. The monoisotopic (exact) mass is 282 g/mol. The molecule has 0 aliphatic rings. The van der Waals surface area contributed by atoms with Crippen LogP contribution in [0.4, 0.5) is 0 Å². The van der Waals surface area contributed by atoms with Gasteiger partial charge in [0.25, 0.3) is 0 Å². The van der Waals surface area contributed by atoms with Crippen molar-refractivity contribution in [2.45, 2.75) is 103 Å². The molecule has 0 aromatic carbocycles. The summed E-state index contributed by atoms with van der Waals surface area (Å²) in [6.45, 7) is 1.23. The summed E-state index contributed by atoms with van der Waals surface area (Å²) < 4.78 is 0. The Balaban J connectivity index is 2.89. The molecule has 0 aliphatic heterocycles. The van der Waals surface area contributed by atoms with Crippen LogP contribution in [0.25, 0.3) is 0 Å². The molecule has 0 bridgehead atoms. The lowest BCUT2D eigenvalue weighted by atomic mass is 10.0. The molecule has 0 aromatic rings. The van der Waals surface area contributed by atoms with Gasteiger partial charge >= 0.3 is 0 Å². The molecule has 2 radical (unpaired) electrons. The minimum atomic E-state index is 0.615. The van der Waals surface area contributed by atoms with Crippen LogP contribution in [-0.2, 0) is 0 Å². The van der Waals surface area contributed by atoms with Crippen LogP contribution in [0.2, 0.25) is 0 Å². The lowest BCUT2D eigenvalue weighted by molar-refractivity contribution is 0.528. The minimum absolute atomic E-state index is 0.615. The summed E-state index contributed by atoms with van der Waals surface area (Å²) >= 11 is 0. The van der Waals surface area contributed by atoms with Crippen molar-refractivity contribution >= 4 is 0 Å². The first-order chi connectivity index (χ1) is 9.91. The summed E-state index contributed by atoms with van der Waals surface area (Å²) in [5.74, 6) is 0. The average molecular weight is 283 g/mol. The largest absolute Gasteiger partial charge is 0.258 e. The predicted molar refractivity (Wildman–Crippen MR) is 89.8 cm³/mol. The first-order valence-electron chi connectivity index (χ1n) is 9.21. The van der Waals surface area contributed by atoms with Gasteiger partial charge in [-0.3, -0.25) is 11.5 Å². The molecule has 20 heavy (non-hydrogen) atoms. The van der Waals surface area contributed by atoms with Gasteiger partial charge in [0.1, 0.15) is 0 Å². The van der Waals surface area contributed by atoms with E-state index in [1.54, 1.807) is 0 Å². The van der Waals surface area contributed by atoms with E-state index in [9.17, 15) is 0 Å². The van der Waals surface area contributed by atoms with Crippen LogP contribution in [0.3, 0.4) is 0 Å². The third-order valence-corrected chi connectivity index (χ3v) is 4.10. The molecule has 0 fully saturated rings. The van der Waals surface area contributed by atoms with Gasteiger partial charge in [-0.1, -0.05) is 89.9 Å². The van der Waals surface area contributed by atoms with Crippen LogP contribution in [0, 0.1) is 0 Å². The fourth-order valence-corrected chi connectivity index (χ4v) is 2.72. The minimum Gasteiger partial charge on any atom is -0.258 e. The van der Waals surface area contributed by atoms with Crippen LogP contribution in [-0.4, -0.2) is 13.1 Å². The number of rotatable bonds is 17. The first kappa shape index (κ1) is 19.9. The van der Waals surface area contributed by atoms with Gasteiger partial charge in [-0.25, -0.2) is 0 Å². The Morgan fingerprint density at radius 2 is 0.400 bits per heavy atom. The highest BCUT2D eigenvalue weighted by Crippen LogP contribution is 2.13. The third-order valence-electron chi connectivity index (χ3n) is 4.10. The molecule has 0 saturated heterocycles. The zero-order valence-corrected chi connectivity index (χ0v) is 13.7. The van der Waals surface area contributed by atoms with Crippen LogP contribution in [0.5, 0.6) is 0 Å². The van der Waals surface area contributed by atoms with Crippen LogP contribution in [0.1, 0.15) is 103 Å². The Kier molecular flexibility index (Phi) is 18.8. The second-order valence-corrected chi connectivity index (χ2v) is 6.16. The Labute approximate surface area is 128 Å². The SMILES string of the molecule is [NH]CCCCCCCCCCCCCCCCCC[NH]. The van der Waals surface area contributed by atoms with Crippen LogP contribution in [0.15, 0.2) is 0 Å². The number of nitrogens with one attached hydrogen (secondary N) is 2. The molecule has 0 heterocycles. The summed E-state index contributed by atoms with van der Waals surface area (Å²) in [7, 11) is 0. The summed E-state index contributed by atoms with van der Waals surface area (Å²) in [5, 5.41) is 0. The first-order valence-corrected chi connectivity index (χ1v) is 9.21. The Morgan fingerprint density at radius 1 is 0.250 bits per heavy atom. The molecule has 120 valence electrons. The molecule has 2 N–H and O–H groups in total. The van der Waals surface area contributed by atoms with E-state index in [2.05, 4.69) is 0 Å². The fourth-order valence-electron chi connectivity index (χ4n) is 2.72. The zero-order valence-electron chi connectivity index (χ0n) is 13.7. The van der Waals surface area contributed by atoms with Gasteiger partial charge < -0.3 is 0 Å². The molecule has 0 atom stereocenters. The Hall–Kier alpha value is -0.0800. The van der Waals surface area contributed by atoms with Gasteiger partial charge in [0.05, 0.1) is 0 Å². The van der Waals surface area contributed by atoms with Crippen LogP contribution >= 0.6 is 0 Å². The number of hydrogen-bond acceptors (Lipinski definition) is 0. The van der Waals surface area contributed by atoms with Crippen LogP contribution < -0.4 is 11.5 Å². The van der Waals surface area contributed by atoms with Crippen molar-refractivity contribution in [1.29, 1.82) is 0 Å². The summed E-state index contributed by atoms with van der Waals surface area (Å²) in [4.78, 5) is 0. The Morgan fingerprint density at radius 3 is 0.550 bits per heavy atom. The van der Waals surface area contributed by atoms with Gasteiger partial charge in [0.2, 0.25) is 0 Å². The maximum Gasteiger partial charge on any atom is 0.00997 e. The van der Waals surface area contributed by atoms with E-state index in [-0.39, 0.29) is 0 Å². The molecule has 0 aliphatic carbocycles. The lowest BCUT2D eigenvalue weighted by Gasteiger charge is -2.03. The molecular formula is C18H38N2. The molecule has 0 rings (SSSR count). The second kappa shape index (κ2) is 18.9. The molecule has 0 saturated carbocycles. The normalized spacial score (nSPS) is 11.1. The highest BCUT2D eigenvalue weighted by atomic mass is 14.5. The van der Waals surface area contributed by atoms with Crippen molar-refractivity contribution in [3.05, 3.63) is 0 Å². The van der Waals surface area contributed by atoms with Gasteiger partial charge in [-0.05, 0) is 12.8 Å². The van der Waals surface area contributed by atoms with E-state index in [1.165, 1.54) is 89.9 Å². The van der Waals surface area contributed by atoms with E-state index in [4.69, 9.17) is 11.5 Å². The maximum absolute atomic E-state index is 7.08. The van der Waals surface area contributed by atoms with E-state index >= 15 is 0 Å². The van der Waals surface area contributed by atoms with E-state index in [0.717, 1.165) is 12.8 Å². The maximum atomic E-state index is 7.08. The lowest BCUT2D eigenvalue weighted by Crippen LogP contribution is -1.86. The van der Waals surface area contributed by atoms with E-state index < -0.39 is 0 Å². The average Bonchev–Trinajstić information content (AvgIpc) is 2.47. The van der Waals surface area contributed by atoms with Gasteiger partial charge in [0, 0.05) is 13.1 Å². The molecule has 2 heteroatoms. The molecule has 0 spiro atoms. The van der Waals surface area contributed by atoms with Gasteiger partial charge in [0.15, 0.2) is 0 Å². The standard InChI is InChI=1S/C18H38N2/c19-17-15-13-11-9-7-5-3-1-2-4-6-8-10-12-14-16-18-20/h19-20H,1-18H2. The predicted octanol–water partition coefficient (Wildman–Crippen LogP) is 5.79. The number of unbranched alkanes of at least 4 members (excludes halogenated alkanes) is 15. The van der Waals surface area contributed by atoms with Crippen molar-refractivity contribution in [2.75, 3.05) is 13.1 Å². The number of hydrogen-bond donors (Lipinski definition) is 0. The molecule has 0 aromatic heterocycles. The molecular weight excluding hydrogens is 244 g/mol. The van der Waals surface area contributed by atoms with Crippen molar-refractivity contribution in [3.8, 4) is 0 Å². The third kappa shape index (κ3) is 17.9. The second-order valence-electron chi connectivity index (χ2n) is 6.16. The van der Waals surface area contributed by atoms with Crippen molar-refractivity contribution in [1.82, 2.24) is 11.5 Å². The highest BCUT2D eigenvalue weighted by Gasteiger charge is 1.94. The van der Waals surface area contributed by atoms with Gasteiger partial charge in [-0.15, -0.1) is 0 Å². The molecule has 2 nitrogen and oxygen atoms in total. The Bertz CT molecular complexity index is 141. The highest BCUT2D eigenvalue weighted by molar-refractivity contribution is 4.50. The van der Waals surface area contributed by atoms with Crippen molar-refractivity contribution < 1.29 is 0 Å². The molecule has 0 amide bonds. The van der Waals surface area contributed by atoms with Gasteiger partial charge in [-0.2, -0.15) is 0 Å². The smallest absolute Gasteiger partial charge is 0.00997 e. The summed E-state index contributed by atoms with van der Waals surface area (Å²) in [5.41, 5.74) is 14.2. The molecule has 0 unspecified atom stereocenters. The van der Waals surface area contributed by atoms with E-state index in [0.29, 0.717) is 13.1 Å². The topological polar surface area (TPSA) is 47.6 Å². The van der Waals surface area contributed by atoms with Crippen molar-refractivity contribution in [3.63, 3.8) is 0 Å². The van der Waals surface area contributed by atoms with E-state index in [1.807, 2.05) is 0 Å². The summed E-state index contributed by atoms with van der Waals surface area (Å²) in [6, 6.07) is 0. The summed E-state index contributed by atoms with van der Waals surface area (Å²) in [6.07, 6.45) is 21.6. The fraction of sp³-hybridized carbons (Fsp3) is 1.00. The van der Waals surface area contributed by atoms with Crippen molar-refractivity contribution in [2.24, 2.45) is 0 Å².